The largest absolute Gasteiger partial charge is 0.390 e. The van der Waals surface area contributed by atoms with Gasteiger partial charge in [0.05, 0.1) is 12.7 Å². The van der Waals surface area contributed by atoms with Crippen molar-refractivity contribution < 1.29 is 14.6 Å². The minimum atomic E-state index is -0.229. The van der Waals surface area contributed by atoms with Gasteiger partial charge < -0.3 is 14.6 Å². The van der Waals surface area contributed by atoms with Crippen molar-refractivity contribution in [3.05, 3.63) is 0 Å². The van der Waals surface area contributed by atoms with E-state index in [1.165, 1.54) is 12.8 Å². The van der Waals surface area contributed by atoms with Crippen molar-refractivity contribution in [2.75, 3.05) is 26.9 Å². The number of rotatable bonds is 7. The van der Waals surface area contributed by atoms with Crippen LogP contribution in [0.3, 0.4) is 0 Å². The molecule has 1 rings (SSSR count). The van der Waals surface area contributed by atoms with Crippen LogP contribution in [0.1, 0.15) is 19.3 Å². The smallest absolute Gasteiger partial charge is 0.0801 e. The Hall–Kier alpha value is -0.120. The van der Waals surface area contributed by atoms with E-state index in [0.717, 1.165) is 13.0 Å². The SMILES string of the molecule is COCCCOCC(O)C1CC1. The fraction of sp³-hybridized carbons (Fsp3) is 1.00. The number of hydrogen-bond acceptors (Lipinski definition) is 3. The zero-order chi connectivity index (χ0) is 8.81. The molecule has 72 valence electrons. The number of aliphatic hydroxyl groups excluding tert-OH is 1. The highest BCUT2D eigenvalue weighted by Gasteiger charge is 2.29. The molecule has 1 unspecified atom stereocenters. The Balaban J connectivity index is 1.81. The Labute approximate surface area is 73.7 Å². The van der Waals surface area contributed by atoms with Crippen LogP contribution in [0.4, 0.5) is 0 Å². The van der Waals surface area contributed by atoms with E-state index in [9.17, 15) is 5.11 Å². The first-order chi connectivity index (χ1) is 5.84. The van der Waals surface area contributed by atoms with Crippen molar-refractivity contribution in [2.24, 2.45) is 5.92 Å². The molecule has 0 saturated heterocycles. The highest BCUT2D eigenvalue weighted by Crippen LogP contribution is 2.32. The first-order valence-corrected chi connectivity index (χ1v) is 4.59. The van der Waals surface area contributed by atoms with Gasteiger partial charge in [0.15, 0.2) is 0 Å². The van der Waals surface area contributed by atoms with E-state index in [1.807, 2.05) is 0 Å². The predicted molar refractivity (Wildman–Crippen MR) is 46.0 cm³/mol. The highest BCUT2D eigenvalue weighted by molar-refractivity contribution is 4.80. The number of aliphatic hydroxyl groups is 1. The summed E-state index contributed by atoms with van der Waals surface area (Å²) >= 11 is 0. The van der Waals surface area contributed by atoms with Gasteiger partial charge in [0.25, 0.3) is 0 Å². The molecule has 1 aliphatic rings. The summed E-state index contributed by atoms with van der Waals surface area (Å²) in [6, 6.07) is 0. The Morgan fingerprint density at radius 2 is 2.17 bits per heavy atom. The second-order valence-corrected chi connectivity index (χ2v) is 3.33. The molecule has 1 aliphatic carbocycles. The fourth-order valence-electron chi connectivity index (χ4n) is 1.13. The highest BCUT2D eigenvalue weighted by atomic mass is 16.5. The van der Waals surface area contributed by atoms with Gasteiger partial charge in [-0.05, 0) is 25.2 Å². The van der Waals surface area contributed by atoms with Crippen LogP contribution in [0.15, 0.2) is 0 Å². The lowest BCUT2D eigenvalue weighted by Gasteiger charge is -2.09. The quantitative estimate of drug-likeness (QED) is 0.580. The Morgan fingerprint density at radius 1 is 1.42 bits per heavy atom. The van der Waals surface area contributed by atoms with Crippen molar-refractivity contribution in [1.29, 1.82) is 0 Å². The van der Waals surface area contributed by atoms with Crippen LogP contribution in [0.25, 0.3) is 0 Å². The molecule has 0 aliphatic heterocycles. The molecule has 1 fully saturated rings. The van der Waals surface area contributed by atoms with Gasteiger partial charge in [-0.2, -0.15) is 0 Å². The average molecular weight is 174 g/mol. The minimum absolute atomic E-state index is 0.229. The van der Waals surface area contributed by atoms with Gasteiger partial charge in [-0.3, -0.25) is 0 Å². The normalized spacial score (nSPS) is 19.5. The van der Waals surface area contributed by atoms with Crippen LogP contribution < -0.4 is 0 Å². The van der Waals surface area contributed by atoms with Crippen molar-refractivity contribution in [3.8, 4) is 0 Å². The van der Waals surface area contributed by atoms with Crippen LogP contribution in [0.5, 0.6) is 0 Å². The molecule has 0 spiro atoms. The van der Waals surface area contributed by atoms with E-state index in [1.54, 1.807) is 7.11 Å². The van der Waals surface area contributed by atoms with Crippen LogP contribution in [-0.2, 0) is 9.47 Å². The molecule has 1 N–H and O–H groups in total. The van der Waals surface area contributed by atoms with Crippen molar-refractivity contribution in [2.45, 2.75) is 25.4 Å². The molecule has 0 heterocycles. The fourth-order valence-corrected chi connectivity index (χ4v) is 1.13. The van der Waals surface area contributed by atoms with Crippen molar-refractivity contribution in [1.82, 2.24) is 0 Å². The van der Waals surface area contributed by atoms with Crippen LogP contribution >= 0.6 is 0 Å². The maximum Gasteiger partial charge on any atom is 0.0801 e. The molecule has 3 heteroatoms. The van der Waals surface area contributed by atoms with E-state index in [4.69, 9.17) is 9.47 Å². The first-order valence-electron chi connectivity index (χ1n) is 4.59. The molecule has 0 amide bonds. The van der Waals surface area contributed by atoms with Crippen molar-refractivity contribution in [3.63, 3.8) is 0 Å². The van der Waals surface area contributed by atoms with E-state index < -0.39 is 0 Å². The monoisotopic (exact) mass is 174 g/mol. The third-order valence-electron chi connectivity index (χ3n) is 2.09. The lowest BCUT2D eigenvalue weighted by atomic mass is 10.2. The molecule has 0 aromatic heterocycles. The molecule has 0 aromatic rings. The van der Waals surface area contributed by atoms with Gasteiger partial charge in [0, 0.05) is 20.3 Å². The Bertz CT molecular complexity index is 112. The summed E-state index contributed by atoms with van der Waals surface area (Å²) in [5, 5.41) is 9.39. The molecular weight excluding hydrogens is 156 g/mol. The minimum Gasteiger partial charge on any atom is -0.390 e. The first kappa shape index (κ1) is 9.96. The second kappa shape index (κ2) is 5.51. The Kier molecular flexibility index (Phi) is 4.58. The zero-order valence-electron chi connectivity index (χ0n) is 7.66. The van der Waals surface area contributed by atoms with Gasteiger partial charge in [0.1, 0.15) is 0 Å². The predicted octanol–water partition coefficient (Wildman–Crippen LogP) is 0.810. The van der Waals surface area contributed by atoms with Crippen LogP contribution in [0, 0.1) is 5.92 Å². The summed E-state index contributed by atoms with van der Waals surface area (Å²) in [4.78, 5) is 0. The summed E-state index contributed by atoms with van der Waals surface area (Å²) < 4.78 is 10.1. The lowest BCUT2D eigenvalue weighted by Crippen LogP contribution is -2.18. The summed E-state index contributed by atoms with van der Waals surface area (Å²) in [6.07, 6.45) is 3.02. The van der Waals surface area contributed by atoms with E-state index in [2.05, 4.69) is 0 Å². The second-order valence-electron chi connectivity index (χ2n) is 3.33. The molecule has 0 aromatic carbocycles. The molecule has 1 saturated carbocycles. The van der Waals surface area contributed by atoms with Gasteiger partial charge >= 0.3 is 0 Å². The molecule has 12 heavy (non-hydrogen) atoms. The number of methoxy groups -OCH3 is 1. The molecule has 0 radical (unpaired) electrons. The molecular formula is C9H18O3. The molecule has 3 nitrogen and oxygen atoms in total. The van der Waals surface area contributed by atoms with Crippen molar-refractivity contribution >= 4 is 0 Å². The summed E-state index contributed by atoms with van der Waals surface area (Å²) in [7, 11) is 1.68. The zero-order valence-corrected chi connectivity index (χ0v) is 7.66. The van der Waals surface area contributed by atoms with Gasteiger partial charge in [-0.15, -0.1) is 0 Å². The van der Waals surface area contributed by atoms with Gasteiger partial charge in [-0.25, -0.2) is 0 Å². The Morgan fingerprint density at radius 3 is 2.75 bits per heavy atom. The van der Waals surface area contributed by atoms with Gasteiger partial charge in [0.2, 0.25) is 0 Å². The topological polar surface area (TPSA) is 38.7 Å². The third kappa shape index (κ3) is 4.04. The number of hydrogen-bond donors (Lipinski definition) is 1. The maximum absolute atomic E-state index is 9.39. The van der Waals surface area contributed by atoms with Crippen LogP contribution in [0.2, 0.25) is 0 Å². The molecule has 0 bridgehead atoms. The van der Waals surface area contributed by atoms with E-state index in [-0.39, 0.29) is 6.10 Å². The summed E-state index contributed by atoms with van der Waals surface area (Å²) in [6.45, 7) is 1.92. The maximum atomic E-state index is 9.39. The average Bonchev–Trinajstić information content (AvgIpc) is 2.86. The third-order valence-corrected chi connectivity index (χ3v) is 2.09. The summed E-state index contributed by atoms with van der Waals surface area (Å²) in [5.41, 5.74) is 0. The van der Waals surface area contributed by atoms with E-state index >= 15 is 0 Å². The van der Waals surface area contributed by atoms with Gasteiger partial charge in [-0.1, -0.05) is 0 Å². The standard InChI is InChI=1S/C9H18O3/c1-11-5-2-6-12-7-9(10)8-3-4-8/h8-10H,2-7H2,1H3. The lowest BCUT2D eigenvalue weighted by molar-refractivity contribution is 0.0186. The number of ether oxygens (including phenoxy) is 2. The summed E-state index contributed by atoms with van der Waals surface area (Å²) in [5.74, 6) is 0.521. The van der Waals surface area contributed by atoms with E-state index in [0.29, 0.717) is 19.1 Å². The molecule has 1 atom stereocenters. The van der Waals surface area contributed by atoms with Crippen LogP contribution in [-0.4, -0.2) is 38.1 Å².